The number of carbonyl (C=O) groups excluding carboxylic acids is 1. The fraction of sp³-hybridized carbons (Fsp3) is 0.500. The van der Waals surface area contributed by atoms with E-state index in [1.54, 1.807) is 6.92 Å². The van der Waals surface area contributed by atoms with Gasteiger partial charge in [-0.05, 0) is 25.3 Å². The van der Waals surface area contributed by atoms with Crippen molar-refractivity contribution in [3.8, 4) is 0 Å². The van der Waals surface area contributed by atoms with E-state index in [2.05, 4.69) is 15.3 Å². The molecule has 7 nitrogen and oxygen atoms in total. The minimum absolute atomic E-state index is 0.143. The van der Waals surface area contributed by atoms with Crippen LogP contribution in [0.4, 0.5) is 0 Å². The van der Waals surface area contributed by atoms with E-state index in [9.17, 15) is 19.5 Å². The van der Waals surface area contributed by atoms with E-state index in [-0.39, 0.29) is 18.2 Å². The average molecular weight is 295 g/mol. The highest BCUT2D eigenvalue weighted by molar-refractivity contribution is 5.91. The number of aryl methyl sites for hydroxylation is 1. The summed E-state index contributed by atoms with van der Waals surface area (Å²) in [6, 6.07) is -0.322. The Bertz CT molecular complexity index is 628. The van der Waals surface area contributed by atoms with Crippen LogP contribution in [0.15, 0.2) is 15.7 Å². The maximum absolute atomic E-state index is 11.8. The molecule has 116 valence electrons. The lowest BCUT2D eigenvalue weighted by Crippen LogP contribution is -2.37. The van der Waals surface area contributed by atoms with E-state index < -0.39 is 17.2 Å². The Labute approximate surface area is 122 Å². The highest BCUT2D eigenvalue weighted by Crippen LogP contribution is 2.04. The minimum Gasteiger partial charge on any atom is -0.394 e. The van der Waals surface area contributed by atoms with Gasteiger partial charge >= 0.3 is 5.69 Å². The molecule has 1 amide bonds. The monoisotopic (exact) mass is 295 g/mol. The van der Waals surface area contributed by atoms with Crippen LogP contribution in [0.2, 0.25) is 0 Å². The summed E-state index contributed by atoms with van der Waals surface area (Å²) < 4.78 is 0. The van der Waals surface area contributed by atoms with Crippen LogP contribution in [0, 0.1) is 12.8 Å². The Morgan fingerprint density at radius 2 is 2.00 bits per heavy atom. The lowest BCUT2D eigenvalue weighted by Gasteiger charge is -2.17. The highest BCUT2D eigenvalue weighted by Gasteiger charge is 2.11. The van der Waals surface area contributed by atoms with Gasteiger partial charge in [0.25, 0.3) is 5.56 Å². The van der Waals surface area contributed by atoms with E-state index in [1.807, 2.05) is 13.8 Å². The first-order chi connectivity index (χ1) is 9.83. The first-order valence-electron chi connectivity index (χ1n) is 6.76. The molecular formula is C14H21N3O4. The molecule has 1 aromatic rings. The largest absolute Gasteiger partial charge is 0.394 e. The van der Waals surface area contributed by atoms with E-state index in [0.29, 0.717) is 18.0 Å². The van der Waals surface area contributed by atoms with Crippen molar-refractivity contribution in [1.29, 1.82) is 0 Å². The average Bonchev–Trinajstić information content (AvgIpc) is 2.35. The summed E-state index contributed by atoms with van der Waals surface area (Å²) in [5.74, 6) is -0.0598. The van der Waals surface area contributed by atoms with Crippen LogP contribution in [0.25, 0.3) is 6.08 Å². The summed E-state index contributed by atoms with van der Waals surface area (Å²) in [6.07, 6.45) is 3.20. The molecule has 0 aliphatic rings. The van der Waals surface area contributed by atoms with E-state index in [0.717, 1.165) is 0 Å². The fourth-order valence-corrected chi connectivity index (χ4v) is 1.97. The minimum atomic E-state index is -0.587. The maximum Gasteiger partial charge on any atom is 0.325 e. The number of hydrogen-bond acceptors (Lipinski definition) is 4. The van der Waals surface area contributed by atoms with Crippen molar-refractivity contribution in [2.75, 3.05) is 6.61 Å². The topological polar surface area (TPSA) is 115 Å². The number of aromatic nitrogens is 2. The van der Waals surface area contributed by atoms with Crippen molar-refractivity contribution >= 4 is 12.0 Å². The Kier molecular flexibility index (Phi) is 6.10. The first kappa shape index (κ1) is 16.9. The maximum atomic E-state index is 11.8. The van der Waals surface area contributed by atoms with Crippen molar-refractivity contribution in [1.82, 2.24) is 15.3 Å². The quantitative estimate of drug-likeness (QED) is 0.549. The number of H-pyrrole nitrogens is 2. The second kappa shape index (κ2) is 7.58. The van der Waals surface area contributed by atoms with Crippen molar-refractivity contribution in [2.45, 2.75) is 33.2 Å². The van der Waals surface area contributed by atoms with Crippen molar-refractivity contribution in [3.05, 3.63) is 38.2 Å². The smallest absolute Gasteiger partial charge is 0.325 e. The van der Waals surface area contributed by atoms with Crippen molar-refractivity contribution in [3.63, 3.8) is 0 Å². The summed E-state index contributed by atoms with van der Waals surface area (Å²) in [4.78, 5) is 38.9. The van der Waals surface area contributed by atoms with Gasteiger partial charge in [-0.15, -0.1) is 0 Å². The molecule has 21 heavy (non-hydrogen) atoms. The standard InChI is InChI=1S/C14H21N3O4/c1-8(2)6-10(7-18)16-12(19)5-4-11-9(3)15-14(21)17-13(11)20/h4-5,8,10,18H,6-7H2,1-3H3,(H,16,19)(H2,15,17,20,21)/b5-4+. The van der Waals surface area contributed by atoms with Crippen molar-refractivity contribution in [2.24, 2.45) is 5.92 Å². The van der Waals surface area contributed by atoms with Gasteiger partial charge in [0.05, 0.1) is 18.2 Å². The first-order valence-corrected chi connectivity index (χ1v) is 6.76. The molecule has 0 saturated heterocycles. The fourth-order valence-electron chi connectivity index (χ4n) is 1.97. The number of aromatic amines is 2. The zero-order chi connectivity index (χ0) is 16.0. The molecule has 0 aliphatic heterocycles. The van der Waals surface area contributed by atoms with Gasteiger partial charge in [0.2, 0.25) is 5.91 Å². The molecule has 4 N–H and O–H groups in total. The Morgan fingerprint density at radius 3 is 2.52 bits per heavy atom. The zero-order valence-electron chi connectivity index (χ0n) is 12.4. The van der Waals surface area contributed by atoms with Gasteiger partial charge in [-0.2, -0.15) is 0 Å². The normalized spacial score (nSPS) is 12.8. The molecule has 0 fully saturated rings. The second-order valence-corrected chi connectivity index (χ2v) is 5.30. The summed E-state index contributed by atoms with van der Waals surface area (Å²) in [5.41, 5.74) is -0.541. The third kappa shape index (κ3) is 5.39. The van der Waals surface area contributed by atoms with E-state index in [4.69, 9.17) is 0 Å². The van der Waals surface area contributed by atoms with Gasteiger partial charge in [-0.1, -0.05) is 13.8 Å². The van der Waals surface area contributed by atoms with E-state index >= 15 is 0 Å². The SMILES string of the molecule is Cc1[nH]c(=O)[nH]c(=O)c1/C=C/C(=O)NC(CO)CC(C)C. The molecule has 0 aliphatic carbocycles. The molecule has 0 radical (unpaired) electrons. The lowest BCUT2D eigenvalue weighted by atomic mass is 10.0. The third-order valence-electron chi connectivity index (χ3n) is 2.90. The molecule has 0 saturated carbocycles. The van der Waals surface area contributed by atoms with Gasteiger partial charge in [-0.25, -0.2) is 4.79 Å². The molecule has 1 heterocycles. The third-order valence-corrected chi connectivity index (χ3v) is 2.90. The van der Waals surface area contributed by atoms with E-state index in [1.165, 1.54) is 12.2 Å². The van der Waals surface area contributed by atoms with Crippen LogP contribution in [0.5, 0.6) is 0 Å². The molecule has 1 atom stereocenters. The predicted molar refractivity (Wildman–Crippen MR) is 79.9 cm³/mol. The van der Waals surface area contributed by atoms with Gasteiger partial charge in [0, 0.05) is 11.8 Å². The summed E-state index contributed by atoms with van der Waals surface area (Å²) in [7, 11) is 0. The van der Waals surface area contributed by atoms with Crippen LogP contribution in [0.1, 0.15) is 31.5 Å². The van der Waals surface area contributed by atoms with Gasteiger partial charge in [-0.3, -0.25) is 14.6 Å². The number of aliphatic hydroxyl groups excluding tert-OH is 1. The zero-order valence-corrected chi connectivity index (χ0v) is 12.4. The molecule has 0 aromatic carbocycles. The highest BCUT2D eigenvalue weighted by atomic mass is 16.3. The number of hydrogen-bond donors (Lipinski definition) is 4. The number of carbonyl (C=O) groups is 1. The predicted octanol–water partition coefficient (Wildman–Crippen LogP) is -0.0920. The van der Waals surface area contributed by atoms with Crippen LogP contribution in [-0.2, 0) is 4.79 Å². The van der Waals surface area contributed by atoms with Gasteiger partial charge in [0.15, 0.2) is 0 Å². The molecule has 1 aromatic heterocycles. The number of amides is 1. The van der Waals surface area contributed by atoms with Gasteiger partial charge < -0.3 is 15.4 Å². The van der Waals surface area contributed by atoms with Crippen LogP contribution < -0.4 is 16.6 Å². The Balaban J connectivity index is 2.79. The molecule has 7 heteroatoms. The number of nitrogens with one attached hydrogen (secondary N) is 3. The van der Waals surface area contributed by atoms with Crippen LogP contribution in [0.3, 0.4) is 0 Å². The Hall–Kier alpha value is -2.15. The van der Waals surface area contributed by atoms with Gasteiger partial charge in [0.1, 0.15) is 0 Å². The van der Waals surface area contributed by atoms with Crippen LogP contribution >= 0.6 is 0 Å². The Morgan fingerprint density at radius 1 is 1.33 bits per heavy atom. The molecule has 1 unspecified atom stereocenters. The summed E-state index contributed by atoms with van der Waals surface area (Å²) in [6.45, 7) is 5.42. The summed E-state index contributed by atoms with van der Waals surface area (Å²) >= 11 is 0. The molecule has 0 spiro atoms. The molecule has 1 rings (SSSR count). The van der Waals surface area contributed by atoms with Crippen molar-refractivity contribution < 1.29 is 9.90 Å². The summed E-state index contributed by atoms with van der Waals surface area (Å²) in [5, 5.41) is 11.9. The number of aliphatic hydroxyl groups is 1. The second-order valence-electron chi connectivity index (χ2n) is 5.30. The molecule has 0 bridgehead atoms. The molecular weight excluding hydrogens is 274 g/mol. The number of rotatable bonds is 6. The van der Waals surface area contributed by atoms with Crippen LogP contribution in [-0.4, -0.2) is 33.6 Å². The lowest BCUT2D eigenvalue weighted by molar-refractivity contribution is -0.117.